The maximum absolute atomic E-state index is 12.0. The summed E-state index contributed by atoms with van der Waals surface area (Å²) in [4.78, 5) is 12.0. The van der Waals surface area contributed by atoms with Crippen molar-refractivity contribution in [1.29, 1.82) is 0 Å². The molecule has 1 amide bonds. The summed E-state index contributed by atoms with van der Waals surface area (Å²) in [7, 11) is 1.64. The summed E-state index contributed by atoms with van der Waals surface area (Å²) >= 11 is 3.44. The van der Waals surface area contributed by atoms with Gasteiger partial charge in [-0.1, -0.05) is 6.07 Å². The van der Waals surface area contributed by atoms with Gasteiger partial charge in [-0.25, -0.2) is 0 Å². The highest BCUT2D eigenvalue weighted by molar-refractivity contribution is 9.10. The summed E-state index contributed by atoms with van der Waals surface area (Å²) in [5, 5.41) is 6.27. The molecule has 19 heavy (non-hydrogen) atoms. The lowest BCUT2D eigenvalue weighted by atomic mass is 9.97. The van der Waals surface area contributed by atoms with Gasteiger partial charge < -0.3 is 15.4 Å². The normalized spacial score (nSPS) is 16.1. The van der Waals surface area contributed by atoms with E-state index in [9.17, 15) is 4.79 Å². The van der Waals surface area contributed by atoms with Crippen LogP contribution >= 0.6 is 15.9 Å². The molecule has 2 rings (SSSR count). The molecule has 0 spiro atoms. The predicted molar refractivity (Wildman–Crippen MR) is 78.1 cm³/mol. The Bertz CT molecular complexity index is 445. The van der Waals surface area contributed by atoms with Gasteiger partial charge in [0.2, 0.25) is 5.91 Å². The molecule has 5 heteroatoms. The van der Waals surface area contributed by atoms with Gasteiger partial charge in [-0.3, -0.25) is 4.79 Å². The first-order valence-corrected chi connectivity index (χ1v) is 7.31. The lowest BCUT2D eigenvalue weighted by Crippen LogP contribution is -2.37. The highest BCUT2D eigenvalue weighted by Crippen LogP contribution is 2.25. The van der Waals surface area contributed by atoms with Crippen LogP contribution in [0.2, 0.25) is 0 Å². The fourth-order valence-electron chi connectivity index (χ4n) is 2.24. The van der Waals surface area contributed by atoms with Gasteiger partial charge in [0, 0.05) is 12.5 Å². The van der Waals surface area contributed by atoms with Gasteiger partial charge in [-0.05, 0) is 59.6 Å². The number of benzene rings is 1. The predicted octanol–water partition coefficient (Wildman–Crippen LogP) is 2.07. The van der Waals surface area contributed by atoms with Gasteiger partial charge in [0.05, 0.1) is 11.6 Å². The minimum Gasteiger partial charge on any atom is -0.496 e. The summed E-state index contributed by atoms with van der Waals surface area (Å²) in [5.41, 5.74) is 1.06. The van der Waals surface area contributed by atoms with E-state index in [2.05, 4.69) is 26.6 Å². The van der Waals surface area contributed by atoms with Crippen LogP contribution in [0.5, 0.6) is 5.75 Å². The molecular formula is C14H19BrN2O2. The molecule has 1 fully saturated rings. The minimum atomic E-state index is 0.155. The second-order valence-corrected chi connectivity index (χ2v) is 5.57. The topological polar surface area (TPSA) is 50.4 Å². The van der Waals surface area contributed by atoms with Crippen LogP contribution in [0.4, 0.5) is 0 Å². The summed E-state index contributed by atoms with van der Waals surface area (Å²) in [6, 6.07) is 5.84. The number of halogens is 1. The Labute approximate surface area is 122 Å². The van der Waals surface area contributed by atoms with Crippen molar-refractivity contribution in [3.63, 3.8) is 0 Å². The minimum absolute atomic E-state index is 0.155. The Hall–Kier alpha value is -1.07. The quantitative estimate of drug-likeness (QED) is 0.890. The number of carbonyl (C=O) groups is 1. The van der Waals surface area contributed by atoms with Gasteiger partial charge in [0.1, 0.15) is 5.75 Å². The molecule has 0 saturated carbocycles. The van der Waals surface area contributed by atoms with Gasteiger partial charge in [0.25, 0.3) is 0 Å². The third-order valence-corrected chi connectivity index (χ3v) is 4.01. The van der Waals surface area contributed by atoms with Crippen molar-refractivity contribution in [2.75, 3.05) is 20.2 Å². The zero-order chi connectivity index (χ0) is 13.7. The zero-order valence-electron chi connectivity index (χ0n) is 11.0. The maximum atomic E-state index is 12.0. The van der Waals surface area contributed by atoms with Crippen molar-refractivity contribution in [1.82, 2.24) is 10.6 Å². The standard InChI is InChI=1S/C14H19BrN2O2/c1-19-13-3-2-10(8-12(13)15)9-17-14(18)11-4-6-16-7-5-11/h2-3,8,11,16H,4-7,9H2,1H3,(H,17,18). The first kappa shape index (κ1) is 14.3. The van der Waals surface area contributed by atoms with Crippen LogP contribution in [-0.4, -0.2) is 26.1 Å². The van der Waals surface area contributed by atoms with Crippen molar-refractivity contribution in [3.05, 3.63) is 28.2 Å². The third-order valence-electron chi connectivity index (χ3n) is 3.39. The molecule has 0 atom stereocenters. The molecule has 1 aromatic rings. The molecule has 104 valence electrons. The van der Waals surface area contributed by atoms with E-state index < -0.39 is 0 Å². The van der Waals surface area contributed by atoms with E-state index >= 15 is 0 Å². The summed E-state index contributed by atoms with van der Waals surface area (Å²) < 4.78 is 6.09. The Morgan fingerprint density at radius 2 is 2.21 bits per heavy atom. The molecule has 0 bridgehead atoms. The maximum Gasteiger partial charge on any atom is 0.223 e. The number of hydrogen-bond donors (Lipinski definition) is 2. The van der Waals surface area contributed by atoms with Gasteiger partial charge in [-0.2, -0.15) is 0 Å². The Morgan fingerprint density at radius 3 is 2.84 bits per heavy atom. The molecule has 1 saturated heterocycles. The largest absolute Gasteiger partial charge is 0.496 e. The smallest absolute Gasteiger partial charge is 0.223 e. The second kappa shape index (κ2) is 6.91. The Morgan fingerprint density at radius 1 is 1.47 bits per heavy atom. The van der Waals surface area contributed by atoms with Crippen molar-refractivity contribution < 1.29 is 9.53 Å². The van der Waals surface area contributed by atoms with Crippen LogP contribution in [0, 0.1) is 5.92 Å². The van der Waals surface area contributed by atoms with Gasteiger partial charge in [-0.15, -0.1) is 0 Å². The van der Waals surface area contributed by atoms with Crippen molar-refractivity contribution in [2.24, 2.45) is 5.92 Å². The van der Waals surface area contributed by atoms with E-state index in [-0.39, 0.29) is 11.8 Å². The number of hydrogen-bond acceptors (Lipinski definition) is 3. The van der Waals surface area contributed by atoms with Crippen molar-refractivity contribution >= 4 is 21.8 Å². The number of carbonyl (C=O) groups excluding carboxylic acids is 1. The lowest BCUT2D eigenvalue weighted by molar-refractivity contribution is -0.125. The summed E-state index contributed by atoms with van der Waals surface area (Å²) in [5.74, 6) is 1.12. The number of piperidine rings is 1. The van der Waals surface area contributed by atoms with Crippen LogP contribution in [0.1, 0.15) is 18.4 Å². The summed E-state index contributed by atoms with van der Waals surface area (Å²) in [6.07, 6.45) is 1.86. The van der Waals surface area contributed by atoms with E-state index in [1.807, 2.05) is 18.2 Å². The van der Waals surface area contributed by atoms with E-state index in [1.165, 1.54) is 0 Å². The molecule has 0 aliphatic carbocycles. The fourth-order valence-corrected chi connectivity index (χ4v) is 2.83. The van der Waals surface area contributed by atoms with E-state index in [1.54, 1.807) is 7.11 Å². The second-order valence-electron chi connectivity index (χ2n) is 4.71. The zero-order valence-corrected chi connectivity index (χ0v) is 12.6. The van der Waals surface area contributed by atoms with Crippen LogP contribution in [0.25, 0.3) is 0 Å². The molecule has 4 nitrogen and oxygen atoms in total. The Kier molecular flexibility index (Phi) is 5.22. The molecule has 1 aromatic carbocycles. The number of amides is 1. The number of ether oxygens (including phenoxy) is 1. The van der Waals surface area contributed by atoms with E-state index in [4.69, 9.17) is 4.74 Å². The molecule has 1 aliphatic rings. The first-order chi connectivity index (χ1) is 9.20. The van der Waals surface area contributed by atoms with Gasteiger partial charge in [0.15, 0.2) is 0 Å². The first-order valence-electron chi connectivity index (χ1n) is 6.51. The highest BCUT2D eigenvalue weighted by atomic mass is 79.9. The van der Waals surface area contributed by atoms with Crippen molar-refractivity contribution in [2.45, 2.75) is 19.4 Å². The fraction of sp³-hybridized carbons (Fsp3) is 0.500. The SMILES string of the molecule is COc1ccc(CNC(=O)C2CCNCC2)cc1Br. The average molecular weight is 327 g/mol. The third kappa shape index (κ3) is 3.94. The molecule has 0 unspecified atom stereocenters. The van der Waals surface area contributed by atoms with Gasteiger partial charge >= 0.3 is 0 Å². The lowest BCUT2D eigenvalue weighted by Gasteiger charge is -2.21. The van der Waals surface area contributed by atoms with E-state index in [0.29, 0.717) is 6.54 Å². The molecule has 2 N–H and O–H groups in total. The monoisotopic (exact) mass is 326 g/mol. The molecular weight excluding hydrogens is 308 g/mol. The van der Waals surface area contributed by atoms with Crippen LogP contribution in [0.15, 0.2) is 22.7 Å². The van der Waals surface area contributed by atoms with Crippen LogP contribution < -0.4 is 15.4 Å². The molecule has 0 aromatic heterocycles. The highest BCUT2D eigenvalue weighted by Gasteiger charge is 2.20. The Balaban J connectivity index is 1.87. The molecule has 1 aliphatic heterocycles. The average Bonchev–Trinajstić information content (AvgIpc) is 2.46. The number of rotatable bonds is 4. The van der Waals surface area contributed by atoms with Crippen LogP contribution in [-0.2, 0) is 11.3 Å². The molecule has 0 radical (unpaired) electrons. The van der Waals surface area contributed by atoms with Crippen molar-refractivity contribution in [3.8, 4) is 5.75 Å². The molecule has 1 heterocycles. The number of methoxy groups -OCH3 is 1. The summed E-state index contributed by atoms with van der Waals surface area (Å²) in [6.45, 7) is 2.43. The van der Waals surface area contributed by atoms with Crippen LogP contribution in [0.3, 0.4) is 0 Å². The van der Waals surface area contributed by atoms with E-state index in [0.717, 1.165) is 41.7 Å². The number of nitrogens with one attached hydrogen (secondary N) is 2.